The summed E-state index contributed by atoms with van der Waals surface area (Å²) in [5.74, 6) is -0.475. The molecule has 2 N–H and O–H groups in total. The number of rotatable bonds is 12. The first-order valence-electron chi connectivity index (χ1n) is 17.5. The number of hydrogen-bond donors (Lipinski definition) is 2. The van der Waals surface area contributed by atoms with Gasteiger partial charge in [-0.3, -0.25) is 9.48 Å². The van der Waals surface area contributed by atoms with Crippen LogP contribution >= 0.6 is 0 Å². The number of ether oxygens (including phenoxy) is 3. The number of aromatic nitrogens is 5. The summed E-state index contributed by atoms with van der Waals surface area (Å²) in [5, 5.41) is 22.8. The largest absolute Gasteiger partial charge is 0.494 e. The Hall–Kier alpha value is -5.70. The Morgan fingerprint density at radius 3 is 2.56 bits per heavy atom. The molecule has 3 aromatic heterocycles. The van der Waals surface area contributed by atoms with E-state index < -0.39 is 11.9 Å². The van der Waals surface area contributed by atoms with Crippen LogP contribution in [0.25, 0.3) is 16.6 Å². The highest BCUT2D eigenvalue weighted by Crippen LogP contribution is 2.39. The quantitative estimate of drug-likeness (QED) is 0.176. The number of fused-ring (bicyclic) bond motifs is 2. The lowest BCUT2D eigenvalue weighted by Crippen LogP contribution is -2.52. The molecule has 0 radical (unpaired) electrons. The number of carbonyl (C=O) groups is 3. The lowest BCUT2D eigenvalue weighted by Gasteiger charge is -2.44. The number of nitrogens with zero attached hydrogens (tertiary/aromatic N) is 7. The second-order valence-electron chi connectivity index (χ2n) is 13.8. The molecule has 15 nitrogen and oxygen atoms in total. The molecule has 0 bridgehead atoms. The maximum Gasteiger partial charge on any atom is 0.342 e. The molecule has 270 valence electrons. The first-order chi connectivity index (χ1) is 25.3. The second-order valence-corrected chi connectivity index (χ2v) is 13.8. The van der Waals surface area contributed by atoms with Crippen LogP contribution in [0, 0.1) is 11.8 Å². The maximum atomic E-state index is 13.4. The lowest BCUT2D eigenvalue weighted by atomic mass is 9.95. The van der Waals surface area contributed by atoms with Crippen LogP contribution in [-0.2, 0) is 4.74 Å². The molecule has 0 unspecified atom stereocenters. The van der Waals surface area contributed by atoms with Crippen molar-refractivity contribution in [2.24, 2.45) is 11.8 Å². The highest BCUT2D eigenvalue weighted by molar-refractivity contribution is 6.09. The van der Waals surface area contributed by atoms with Gasteiger partial charge in [0.15, 0.2) is 11.4 Å². The third-order valence-electron chi connectivity index (χ3n) is 10.3. The van der Waals surface area contributed by atoms with Crippen molar-refractivity contribution < 1.29 is 33.7 Å². The number of esters is 1. The number of aromatic carboxylic acids is 1. The fourth-order valence-corrected chi connectivity index (χ4v) is 7.27. The average Bonchev–Trinajstić information content (AvgIpc) is 3.72. The van der Waals surface area contributed by atoms with E-state index >= 15 is 0 Å². The van der Waals surface area contributed by atoms with E-state index in [0.29, 0.717) is 46.8 Å². The Kier molecular flexibility index (Phi) is 8.87. The summed E-state index contributed by atoms with van der Waals surface area (Å²) in [5.41, 5.74) is 2.74. The molecule has 15 heteroatoms. The Bertz CT molecular complexity index is 2160. The summed E-state index contributed by atoms with van der Waals surface area (Å²) >= 11 is 0. The van der Waals surface area contributed by atoms with Crippen LogP contribution in [0.4, 0.5) is 11.4 Å². The highest BCUT2D eigenvalue weighted by atomic mass is 16.5. The Morgan fingerprint density at radius 1 is 1.02 bits per heavy atom. The monoisotopic (exact) mass is 708 g/mol. The normalized spacial score (nSPS) is 16.9. The van der Waals surface area contributed by atoms with Crippen LogP contribution < -0.4 is 19.7 Å². The van der Waals surface area contributed by atoms with Crippen molar-refractivity contribution in [2.75, 3.05) is 63.8 Å². The summed E-state index contributed by atoms with van der Waals surface area (Å²) < 4.78 is 20.3. The van der Waals surface area contributed by atoms with Crippen molar-refractivity contribution in [2.45, 2.75) is 31.7 Å². The molecule has 3 aliphatic rings. The molecule has 5 heterocycles. The number of hydrogen-bond acceptors (Lipinski definition) is 11. The molecule has 2 aliphatic heterocycles. The van der Waals surface area contributed by atoms with Crippen molar-refractivity contribution >= 4 is 45.8 Å². The molecule has 0 atom stereocenters. The number of piperidine rings is 1. The molecule has 1 amide bonds. The Morgan fingerprint density at radius 2 is 1.83 bits per heavy atom. The van der Waals surface area contributed by atoms with Gasteiger partial charge in [0.1, 0.15) is 16.9 Å². The van der Waals surface area contributed by atoms with Crippen LogP contribution in [0.2, 0.25) is 0 Å². The van der Waals surface area contributed by atoms with E-state index in [9.17, 15) is 19.5 Å². The molecule has 52 heavy (non-hydrogen) atoms. The predicted octanol–water partition coefficient (Wildman–Crippen LogP) is 4.39. The molecular formula is C37H40N8O7. The fourth-order valence-electron chi connectivity index (χ4n) is 7.27. The van der Waals surface area contributed by atoms with E-state index in [-0.39, 0.29) is 28.8 Å². The third-order valence-corrected chi connectivity index (χ3v) is 10.3. The number of carbonyl (C=O) groups excluding carboxylic acids is 2. The first kappa shape index (κ1) is 33.4. The number of carboxylic acids is 1. The van der Waals surface area contributed by atoms with Gasteiger partial charge in [-0.1, -0.05) is 0 Å². The fraction of sp³-hybridized carbons (Fsp3) is 0.405. The van der Waals surface area contributed by atoms with Gasteiger partial charge in [0.2, 0.25) is 0 Å². The predicted molar refractivity (Wildman–Crippen MR) is 191 cm³/mol. The molecule has 1 saturated carbocycles. The average molecular weight is 709 g/mol. The van der Waals surface area contributed by atoms with Crippen molar-refractivity contribution in [1.82, 2.24) is 29.3 Å². The van der Waals surface area contributed by atoms with Gasteiger partial charge in [-0.2, -0.15) is 10.2 Å². The highest BCUT2D eigenvalue weighted by Gasteiger charge is 2.35. The number of anilines is 2. The summed E-state index contributed by atoms with van der Waals surface area (Å²) in [6.45, 7) is 4.95. The molecule has 2 aromatic carbocycles. The minimum absolute atomic E-state index is 0.0734. The van der Waals surface area contributed by atoms with Crippen LogP contribution in [-0.4, -0.2) is 106 Å². The van der Waals surface area contributed by atoms with Gasteiger partial charge in [-0.25, -0.2) is 19.1 Å². The number of likely N-dealkylation sites (tertiary alicyclic amines) is 1. The van der Waals surface area contributed by atoms with Gasteiger partial charge in [0.05, 0.1) is 55.5 Å². The topological polar surface area (TPSA) is 166 Å². The maximum absolute atomic E-state index is 13.4. The molecule has 3 fully saturated rings. The van der Waals surface area contributed by atoms with Crippen LogP contribution in [0.1, 0.15) is 62.8 Å². The van der Waals surface area contributed by atoms with Gasteiger partial charge >= 0.3 is 11.9 Å². The van der Waals surface area contributed by atoms with E-state index in [4.69, 9.17) is 19.3 Å². The van der Waals surface area contributed by atoms with E-state index in [1.54, 1.807) is 29.0 Å². The van der Waals surface area contributed by atoms with Crippen molar-refractivity contribution in [3.63, 3.8) is 0 Å². The molecular weight excluding hydrogens is 668 g/mol. The Balaban J connectivity index is 0.910. The first-order valence-corrected chi connectivity index (χ1v) is 17.5. The van der Waals surface area contributed by atoms with Crippen molar-refractivity contribution in [3.8, 4) is 11.5 Å². The zero-order valence-electron chi connectivity index (χ0n) is 29.0. The van der Waals surface area contributed by atoms with Crippen LogP contribution in [0.5, 0.6) is 11.5 Å². The summed E-state index contributed by atoms with van der Waals surface area (Å²) in [7, 11) is 2.66. The summed E-state index contributed by atoms with van der Waals surface area (Å²) in [6.07, 6.45) is 11.2. The molecule has 8 rings (SSSR count). The smallest absolute Gasteiger partial charge is 0.342 e. The van der Waals surface area contributed by atoms with E-state index in [0.717, 1.165) is 69.3 Å². The molecule has 1 aliphatic carbocycles. The van der Waals surface area contributed by atoms with Gasteiger partial charge in [0, 0.05) is 68.7 Å². The van der Waals surface area contributed by atoms with Crippen molar-refractivity contribution in [3.05, 3.63) is 71.8 Å². The summed E-state index contributed by atoms with van der Waals surface area (Å²) in [4.78, 5) is 46.6. The Labute approximate surface area is 299 Å². The third kappa shape index (κ3) is 6.47. The van der Waals surface area contributed by atoms with Gasteiger partial charge in [-0.05, 0) is 55.9 Å². The number of benzene rings is 2. The lowest BCUT2D eigenvalue weighted by molar-refractivity contribution is 0.0578. The van der Waals surface area contributed by atoms with Crippen LogP contribution in [0.3, 0.4) is 0 Å². The molecule has 2 saturated heterocycles. The summed E-state index contributed by atoms with van der Waals surface area (Å²) in [6, 6.07) is 9.00. The number of amides is 1. The van der Waals surface area contributed by atoms with Gasteiger partial charge in [-0.15, -0.1) is 0 Å². The second kappa shape index (κ2) is 13.8. The zero-order valence-corrected chi connectivity index (χ0v) is 29.0. The number of carboxylic acid groups (broad SMARTS) is 1. The number of methoxy groups -OCH3 is 2. The zero-order chi connectivity index (χ0) is 35.9. The molecule has 0 spiro atoms. The standard InChI is InChI=1S/C37H40N8O7/c1-50-33-30(7-6-26(36(47)48)32(33)37(49)51-2)43-18-23(19-43)17-42-12-8-25(9-13-42)45-20-24-14-29(31(15-28(24)41-45)52-21-22-4-5-22)40-35(46)27-16-39-44-11-3-10-38-34(27)44/h3,6-7,10-11,14-16,20,22-23,25H,4-5,8-9,12-13,17-19,21H2,1-2H3,(H,40,46)(H,47,48). The van der Waals surface area contributed by atoms with Crippen LogP contribution in [0.15, 0.2) is 55.1 Å². The minimum atomic E-state index is -1.21. The molecule has 5 aromatic rings. The van der Waals surface area contributed by atoms with Gasteiger partial charge < -0.3 is 34.4 Å². The van der Waals surface area contributed by atoms with Crippen molar-refractivity contribution in [1.29, 1.82) is 0 Å². The SMILES string of the molecule is COC(=O)c1c(C(=O)O)ccc(N2CC(CN3CCC(n4cc5cc(NC(=O)c6cnn7cccnc67)c(OCC6CC6)cc5n4)CC3)C2)c1OC. The van der Waals surface area contributed by atoms with Gasteiger partial charge in [0.25, 0.3) is 5.91 Å². The minimum Gasteiger partial charge on any atom is -0.494 e. The number of nitrogens with one attached hydrogen (secondary N) is 1. The van der Waals surface area contributed by atoms with E-state index in [1.807, 2.05) is 12.1 Å². The van der Waals surface area contributed by atoms with E-state index in [2.05, 4.69) is 36.1 Å². The van der Waals surface area contributed by atoms with E-state index in [1.165, 1.54) is 26.5 Å².